The molecule has 2 amide bonds. The van der Waals surface area contributed by atoms with Crippen molar-refractivity contribution in [1.29, 1.82) is 0 Å². The molecule has 9 N–H and O–H groups in total. The third-order valence-electron chi connectivity index (χ3n) is 11.6. The average Bonchev–Trinajstić information content (AvgIpc) is 3.50. The van der Waals surface area contributed by atoms with Gasteiger partial charge in [-0.25, -0.2) is 5.43 Å². The lowest BCUT2D eigenvalue weighted by molar-refractivity contribution is -0.160. The molecule has 3 aromatic rings. The van der Waals surface area contributed by atoms with Crippen molar-refractivity contribution in [3.8, 4) is 23.0 Å². The van der Waals surface area contributed by atoms with Gasteiger partial charge in [-0.2, -0.15) is 5.10 Å². The molecule has 62 heavy (non-hydrogen) atoms. The summed E-state index contributed by atoms with van der Waals surface area (Å²) >= 11 is 0. The van der Waals surface area contributed by atoms with Gasteiger partial charge in [0, 0.05) is 72.4 Å². The number of fused-ring (bicyclic) bond motifs is 14. The normalized spacial score (nSPS) is 27.2. The fourth-order valence-corrected chi connectivity index (χ4v) is 7.73. The predicted octanol–water partition coefficient (Wildman–Crippen LogP) is 5.10. The van der Waals surface area contributed by atoms with E-state index in [0.29, 0.717) is 5.69 Å². The number of Topliss-reactive ketones (excluding diaryl/α,β-unsaturated/α-hetero) is 1. The quantitative estimate of drug-likeness (QED) is 0.0415. The van der Waals surface area contributed by atoms with Crippen LogP contribution in [0, 0.1) is 30.6 Å². The van der Waals surface area contributed by atoms with Gasteiger partial charge in [-0.1, -0.05) is 45.9 Å². The maximum absolute atomic E-state index is 14.4. The summed E-state index contributed by atoms with van der Waals surface area (Å²) in [6.07, 6.45) is 4.11. The molecular formula is C45H54N4O13. The molecule has 0 radical (unpaired) electrons. The molecule has 9 atom stereocenters. The fourth-order valence-electron chi connectivity index (χ4n) is 7.73. The largest absolute Gasteiger partial charge is 0.507 e. The molecule has 3 aromatic carbocycles. The molecule has 0 saturated heterocycles. The summed E-state index contributed by atoms with van der Waals surface area (Å²) in [5.74, 6) is -9.93. The minimum Gasteiger partial charge on any atom is -0.507 e. The summed E-state index contributed by atoms with van der Waals surface area (Å²) in [5, 5.41) is 64.0. The summed E-state index contributed by atoms with van der Waals surface area (Å²) in [5.41, 5.74) is 7.63. The number of hydrogen-bond donors (Lipinski definition) is 8. The number of hydrogen-bond acceptors (Lipinski definition) is 15. The first kappa shape index (κ1) is 46.6. The highest BCUT2D eigenvalue weighted by molar-refractivity contribution is 6.24. The number of nitrogens with zero attached hydrogens (tertiary/aromatic N) is 1. The van der Waals surface area contributed by atoms with Crippen molar-refractivity contribution in [2.75, 3.05) is 18.2 Å². The Morgan fingerprint density at radius 1 is 0.935 bits per heavy atom. The molecule has 3 heterocycles. The Labute approximate surface area is 358 Å². The number of amides is 2. The zero-order valence-corrected chi connectivity index (χ0v) is 35.9. The van der Waals surface area contributed by atoms with Gasteiger partial charge in [-0.05, 0) is 44.2 Å². The van der Waals surface area contributed by atoms with E-state index < -0.39 is 106 Å². The molecule has 5 bridgehead atoms. The van der Waals surface area contributed by atoms with Crippen LogP contribution in [0.1, 0.15) is 80.3 Å². The fraction of sp³-hybridized carbons (Fsp3) is 0.400. The van der Waals surface area contributed by atoms with Crippen LogP contribution < -0.4 is 21.2 Å². The number of phenolic OH excluding ortho intramolecular Hbond substituents is 3. The number of aliphatic hydroxyl groups excluding tert-OH is 2. The highest BCUT2D eigenvalue weighted by Gasteiger charge is 2.50. The minimum atomic E-state index is -2.12. The highest BCUT2D eigenvalue weighted by atomic mass is 16.7. The Bertz CT molecular complexity index is 2370. The maximum atomic E-state index is 14.4. The molecule has 3 aliphatic rings. The monoisotopic (exact) mass is 858 g/mol. The van der Waals surface area contributed by atoms with E-state index in [-0.39, 0.29) is 39.0 Å². The van der Waals surface area contributed by atoms with E-state index in [1.54, 1.807) is 33.8 Å². The van der Waals surface area contributed by atoms with E-state index in [4.69, 9.17) is 24.7 Å². The van der Waals surface area contributed by atoms with Crippen LogP contribution in [0.2, 0.25) is 0 Å². The summed E-state index contributed by atoms with van der Waals surface area (Å²) < 4.78 is 23.5. The second-order valence-electron chi connectivity index (χ2n) is 15.9. The van der Waals surface area contributed by atoms with Crippen molar-refractivity contribution in [2.45, 2.75) is 85.6 Å². The number of ketones is 1. The lowest BCUT2D eigenvalue weighted by Crippen LogP contribution is -2.46. The molecule has 0 aliphatic carbocycles. The van der Waals surface area contributed by atoms with Crippen LogP contribution in [0.3, 0.4) is 0 Å². The number of aliphatic hydroxyl groups is 2. The van der Waals surface area contributed by atoms with E-state index in [1.807, 2.05) is 0 Å². The Balaban J connectivity index is 1.70. The number of allylic oxidation sites excluding steroid dienone is 2. The van der Waals surface area contributed by atoms with Gasteiger partial charge in [0.2, 0.25) is 0 Å². The van der Waals surface area contributed by atoms with Crippen molar-refractivity contribution in [3.63, 3.8) is 0 Å². The Morgan fingerprint density at radius 3 is 2.23 bits per heavy atom. The number of ether oxygens (including phenoxy) is 4. The molecule has 0 saturated carbocycles. The van der Waals surface area contributed by atoms with Crippen molar-refractivity contribution < 1.29 is 63.7 Å². The molecule has 0 fully saturated rings. The lowest BCUT2D eigenvalue weighted by atomic mass is 9.78. The molecule has 17 heteroatoms. The molecule has 332 valence electrons. The van der Waals surface area contributed by atoms with Crippen LogP contribution in [-0.4, -0.2) is 92.6 Å². The van der Waals surface area contributed by atoms with Gasteiger partial charge in [0.1, 0.15) is 23.4 Å². The maximum Gasteiger partial charge on any atom is 0.312 e. The van der Waals surface area contributed by atoms with Crippen molar-refractivity contribution in [3.05, 3.63) is 82.7 Å². The standard InChI is InChI=1S/C45H54N4O13/c1-20-11-10-12-21(2)43(57)48-34-29(19-47-49-44(58)27-13-15-28(46)16-14-27)38(54)31-32(39(34)55)37(53)25(6)41-33(31)42(56)45(8,62-41)60-18-17-30(59-9)22(3)40(61-26(7)50)24(5)36(52)23(4)35(20)51/h10-20,22-24,30,35-36,40,51-55H,46H2,1-9H3,(H,48,57)(H,49,58)/b11-10?,18-17?,21-12?,47-19+. The van der Waals surface area contributed by atoms with Gasteiger partial charge < -0.3 is 55.5 Å². The number of esters is 1. The first-order valence-electron chi connectivity index (χ1n) is 19.9. The smallest absolute Gasteiger partial charge is 0.312 e. The van der Waals surface area contributed by atoms with Crippen LogP contribution in [-0.2, 0) is 23.8 Å². The van der Waals surface area contributed by atoms with Crippen LogP contribution in [0.4, 0.5) is 11.4 Å². The first-order valence-corrected chi connectivity index (χ1v) is 19.9. The van der Waals surface area contributed by atoms with Crippen molar-refractivity contribution in [2.24, 2.45) is 28.8 Å². The number of carbonyl (C=O) groups is 4. The Morgan fingerprint density at radius 2 is 1.60 bits per heavy atom. The van der Waals surface area contributed by atoms with Crippen molar-refractivity contribution in [1.82, 2.24) is 5.43 Å². The summed E-state index contributed by atoms with van der Waals surface area (Å²) in [6.45, 7) is 12.2. The summed E-state index contributed by atoms with van der Waals surface area (Å²) in [6, 6.07) is 5.93. The third kappa shape index (κ3) is 9.10. The van der Waals surface area contributed by atoms with Gasteiger partial charge in [-0.3, -0.25) is 19.2 Å². The van der Waals surface area contributed by atoms with Crippen molar-refractivity contribution >= 4 is 51.9 Å². The number of phenols is 3. The molecule has 0 spiro atoms. The number of carbonyl (C=O) groups excluding carboxylic acids is 4. The number of benzene rings is 3. The molecule has 6 rings (SSSR count). The van der Waals surface area contributed by atoms with Gasteiger partial charge >= 0.3 is 11.8 Å². The van der Waals surface area contributed by atoms with Gasteiger partial charge in [0.05, 0.1) is 53.0 Å². The lowest BCUT2D eigenvalue weighted by Gasteiger charge is -2.38. The average molecular weight is 859 g/mol. The number of nitrogens with one attached hydrogen (secondary N) is 2. The minimum absolute atomic E-state index is 0.0151. The number of nitrogens with two attached hydrogens (primary N) is 1. The van der Waals surface area contributed by atoms with Crippen LogP contribution in [0.5, 0.6) is 23.0 Å². The van der Waals surface area contributed by atoms with Gasteiger partial charge in [0.15, 0.2) is 5.75 Å². The zero-order chi connectivity index (χ0) is 46.0. The second-order valence-corrected chi connectivity index (χ2v) is 15.9. The van der Waals surface area contributed by atoms with E-state index in [2.05, 4.69) is 15.8 Å². The molecule has 9 unspecified atom stereocenters. The Hall–Kier alpha value is -6.43. The van der Waals surface area contributed by atoms with Crippen LogP contribution in [0.25, 0.3) is 10.8 Å². The van der Waals surface area contributed by atoms with Crippen LogP contribution >= 0.6 is 0 Å². The van der Waals surface area contributed by atoms with E-state index in [9.17, 15) is 44.7 Å². The first-order chi connectivity index (χ1) is 29.1. The summed E-state index contributed by atoms with van der Waals surface area (Å²) in [7, 11) is 1.41. The van der Waals surface area contributed by atoms with E-state index >= 15 is 0 Å². The van der Waals surface area contributed by atoms with Crippen LogP contribution in [0.15, 0.2) is 65.5 Å². The topological polar surface area (TPSA) is 269 Å². The predicted molar refractivity (Wildman–Crippen MR) is 230 cm³/mol. The van der Waals surface area contributed by atoms with Gasteiger partial charge in [-0.15, -0.1) is 0 Å². The number of rotatable bonds is 5. The SMILES string of the molecule is COC1C=COC2(C)Oc3c(C)c(O)c4c(O)c(c(/C=N/NC(=O)c5ccc(N)cc5)c(O)c4c3C2=O)NC(=O)C(C)=CC=CC(C)C(O)C(C)C(O)C(C)C(OC(C)=O)C1C. The summed E-state index contributed by atoms with van der Waals surface area (Å²) in [4.78, 5) is 53.4. The molecular weight excluding hydrogens is 805 g/mol. The number of hydrazone groups is 1. The molecule has 0 aromatic heterocycles. The number of aromatic hydroxyl groups is 3. The van der Waals surface area contributed by atoms with E-state index in [1.165, 1.54) is 77.3 Å². The Kier molecular flexibility index (Phi) is 14.0. The number of anilines is 2. The number of methoxy groups -OCH3 is 1. The van der Waals surface area contributed by atoms with Gasteiger partial charge in [0.25, 0.3) is 17.6 Å². The zero-order valence-electron chi connectivity index (χ0n) is 35.9. The third-order valence-corrected chi connectivity index (χ3v) is 11.6. The van der Waals surface area contributed by atoms with E-state index in [0.717, 1.165) is 12.5 Å². The molecule has 17 nitrogen and oxygen atoms in total. The highest BCUT2D eigenvalue weighted by Crippen LogP contribution is 2.55. The number of nitrogen functional groups attached to an aromatic ring is 1. The second kappa shape index (κ2) is 18.7. The molecule has 3 aliphatic heterocycles.